The minimum Gasteiger partial charge on any atom is -0.288 e. The predicted octanol–water partition coefficient (Wildman–Crippen LogP) is 5.83. The van der Waals surface area contributed by atoms with Crippen LogP contribution in [0.3, 0.4) is 0 Å². The Labute approximate surface area is 154 Å². The van der Waals surface area contributed by atoms with E-state index < -0.39 is 8.69 Å². The summed E-state index contributed by atoms with van der Waals surface area (Å²) in [5.41, 5.74) is 5.75. The molecular formula is C22H20O3P+. The molecule has 3 nitrogen and oxygen atoms in total. The molecule has 0 aliphatic carbocycles. The second kappa shape index (κ2) is 7.63. The lowest BCUT2D eigenvalue weighted by Crippen LogP contribution is -2.09. The fourth-order valence-electron chi connectivity index (χ4n) is 3.42. The van der Waals surface area contributed by atoms with Crippen molar-refractivity contribution in [2.24, 2.45) is 0 Å². The Morgan fingerprint density at radius 1 is 0.846 bits per heavy atom. The van der Waals surface area contributed by atoms with Crippen LogP contribution in [0.5, 0.6) is 5.75 Å². The SMILES string of the molecule is Cc1cc(C)c(C(=O)c2c(O[PH+]=O)cccc2-c2ccccc2)c(C)c1. The minimum absolute atomic E-state index is 0.118. The number of aryl methyl sites for hydroxylation is 3. The molecule has 0 radical (unpaired) electrons. The maximum atomic E-state index is 13.5. The van der Waals surface area contributed by atoms with Gasteiger partial charge in [0, 0.05) is 5.56 Å². The van der Waals surface area contributed by atoms with Gasteiger partial charge in [0.25, 0.3) is 0 Å². The van der Waals surface area contributed by atoms with Gasteiger partial charge in [0.15, 0.2) is 11.5 Å². The van der Waals surface area contributed by atoms with Gasteiger partial charge in [-0.3, -0.25) is 9.32 Å². The summed E-state index contributed by atoms with van der Waals surface area (Å²) in [5.74, 6) is 0.219. The summed E-state index contributed by atoms with van der Waals surface area (Å²) in [4.78, 5) is 13.5. The fraction of sp³-hybridized carbons (Fsp3) is 0.136. The summed E-state index contributed by atoms with van der Waals surface area (Å²) in [7, 11) is -0.974. The van der Waals surface area contributed by atoms with E-state index in [4.69, 9.17) is 4.52 Å². The standard InChI is InChI=1S/C22H20O3P/c1-14-12-15(2)20(16(3)13-14)22(23)21-18(17-8-5-4-6-9-17)10-7-11-19(21)25-26-24/h4-13,26H,1-3H3/q+1. The third-order valence-corrected chi connectivity index (χ3v) is 4.70. The first-order valence-electron chi connectivity index (χ1n) is 8.38. The van der Waals surface area contributed by atoms with Crippen molar-refractivity contribution in [3.8, 4) is 16.9 Å². The highest BCUT2D eigenvalue weighted by atomic mass is 31.1. The Hall–Kier alpha value is -2.77. The number of carbonyl (C=O) groups excluding carboxylic acids is 1. The molecule has 3 rings (SSSR count). The third-order valence-electron chi connectivity index (χ3n) is 4.39. The molecule has 3 aromatic rings. The van der Waals surface area contributed by atoms with Crippen LogP contribution < -0.4 is 4.52 Å². The molecule has 1 atom stereocenters. The van der Waals surface area contributed by atoms with Crippen LogP contribution in [-0.2, 0) is 4.57 Å². The van der Waals surface area contributed by atoms with Crippen molar-refractivity contribution in [2.45, 2.75) is 20.8 Å². The van der Waals surface area contributed by atoms with E-state index in [2.05, 4.69) is 0 Å². The van der Waals surface area contributed by atoms with Crippen LogP contribution in [0.25, 0.3) is 11.1 Å². The van der Waals surface area contributed by atoms with Gasteiger partial charge in [-0.25, -0.2) is 0 Å². The van der Waals surface area contributed by atoms with Gasteiger partial charge < -0.3 is 0 Å². The van der Waals surface area contributed by atoms with Crippen LogP contribution in [0.15, 0.2) is 60.7 Å². The monoisotopic (exact) mass is 363 g/mol. The van der Waals surface area contributed by atoms with Gasteiger partial charge in [0.1, 0.15) is 0 Å². The van der Waals surface area contributed by atoms with E-state index in [0.717, 1.165) is 27.8 Å². The van der Waals surface area contributed by atoms with E-state index in [1.807, 2.05) is 75.4 Å². The van der Waals surface area contributed by atoms with E-state index in [9.17, 15) is 9.36 Å². The smallest absolute Gasteiger partial charge is 0.288 e. The second-order valence-electron chi connectivity index (χ2n) is 6.33. The summed E-state index contributed by atoms with van der Waals surface area (Å²) in [6.07, 6.45) is 0. The number of carbonyl (C=O) groups is 1. The molecule has 0 fully saturated rings. The Morgan fingerprint density at radius 3 is 2.12 bits per heavy atom. The molecule has 26 heavy (non-hydrogen) atoms. The summed E-state index contributed by atoms with van der Waals surface area (Å²) in [6, 6.07) is 19.1. The fourth-order valence-corrected chi connectivity index (χ4v) is 3.68. The van der Waals surface area contributed by atoms with Crippen molar-refractivity contribution in [3.63, 3.8) is 0 Å². The average molecular weight is 363 g/mol. The number of hydrogen-bond donors (Lipinski definition) is 0. The Kier molecular flexibility index (Phi) is 5.29. The number of ketones is 1. The highest BCUT2D eigenvalue weighted by Crippen LogP contribution is 2.35. The Morgan fingerprint density at radius 2 is 1.50 bits per heavy atom. The van der Waals surface area contributed by atoms with Gasteiger partial charge >= 0.3 is 8.69 Å². The molecule has 130 valence electrons. The molecule has 1 unspecified atom stereocenters. The lowest BCUT2D eigenvalue weighted by atomic mass is 9.88. The normalized spacial score (nSPS) is 10.7. The second-order valence-corrected chi connectivity index (χ2v) is 6.70. The van der Waals surface area contributed by atoms with Gasteiger partial charge in [0.05, 0.1) is 5.56 Å². The van der Waals surface area contributed by atoms with Gasteiger partial charge in [-0.2, -0.15) is 0 Å². The zero-order chi connectivity index (χ0) is 18.7. The van der Waals surface area contributed by atoms with Crippen molar-refractivity contribution >= 4 is 14.5 Å². The Balaban J connectivity index is 2.26. The van der Waals surface area contributed by atoms with E-state index in [-0.39, 0.29) is 5.78 Å². The third kappa shape index (κ3) is 3.44. The summed E-state index contributed by atoms with van der Waals surface area (Å²) in [5, 5.41) is 0. The molecule has 3 aromatic carbocycles. The molecule has 0 aliphatic heterocycles. The summed E-state index contributed by atoms with van der Waals surface area (Å²) in [6.45, 7) is 5.89. The quantitative estimate of drug-likeness (QED) is 0.423. The molecule has 0 amide bonds. The molecule has 0 saturated carbocycles. The van der Waals surface area contributed by atoms with Crippen molar-refractivity contribution in [1.82, 2.24) is 0 Å². The van der Waals surface area contributed by atoms with Crippen LogP contribution >= 0.6 is 8.69 Å². The van der Waals surface area contributed by atoms with Crippen molar-refractivity contribution in [2.75, 3.05) is 0 Å². The van der Waals surface area contributed by atoms with E-state index in [0.29, 0.717) is 16.9 Å². The topological polar surface area (TPSA) is 43.4 Å². The van der Waals surface area contributed by atoms with Crippen LogP contribution in [0.1, 0.15) is 32.6 Å². The van der Waals surface area contributed by atoms with Gasteiger partial charge in [0.2, 0.25) is 0 Å². The first kappa shape index (κ1) is 18.0. The van der Waals surface area contributed by atoms with E-state index in [1.54, 1.807) is 6.07 Å². The van der Waals surface area contributed by atoms with Gasteiger partial charge in [-0.1, -0.05) is 60.2 Å². The zero-order valence-corrected chi connectivity index (χ0v) is 16.0. The van der Waals surface area contributed by atoms with Gasteiger partial charge in [-0.15, -0.1) is 0 Å². The maximum Gasteiger partial charge on any atom is 0.542 e. The predicted molar refractivity (Wildman–Crippen MR) is 106 cm³/mol. The van der Waals surface area contributed by atoms with Crippen molar-refractivity contribution in [3.05, 3.63) is 88.5 Å². The maximum absolute atomic E-state index is 13.5. The number of benzene rings is 3. The number of rotatable bonds is 5. The lowest BCUT2D eigenvalue weighted by molar-refractivity contribution is 0.103. The summed E-state index contributed by atoms with van der Waals surface area (Å²) >= 11 is 0. The molecule has 0 N–H and O–H groups in total. The van der Waals surface area contributed by atoms with Gasteiger partial charge in [-0.05, 0) is 53.7 Å². The van der Waals surface area contributed by atoms with Crippen LogP contribution in [-0.4, -0.2) is 5.78 Å². The van der Waals surface area contributed by atoms with Crippen LogP contribution in [0, 0.1) is 20.8 Å². The highest BCUT2D eigenvalue weighted by molar-refractivity contribution is 7.17. The molecule has 0 aromatic heterocycles. The average Bonchev–Trinajstić information content (AvgIpc) is 2.61. The zero-order valence-electron chi connectivity index (χ0n) is 15.0. The molecule has 0 saturated heterocycles. The van der Waals surface area contributed by atoms with E-state index >= 15 is 0 Å². The van der Waals surface area contributed by atoms with Crippen molar-refractivity contribution < 1.29 is 13.9 Å². The summed E-state index contributed by atoms with van der Waals surface area (Å²) < 4.78 is 16.4. The Bertz CT molecular complexity index is 955. The number of hydrogen-bond acceptors (Lipinski definition) is 3. The highest BCUT2D eigenvalue weighted by Gasteiger charge is 2.24. The molecule has 0 aliphatic rings. The molecule has 0 bridgehead atoms. The van der Waals surface area contributed by atoms with Crippen LogP contribution in [0.2, 0.25) is 0 Å². The lowest BCUT2D eigenvalue weighted by Gasteiger charge is -2.14. The van der Waals surface area contributed by atoms with E-state index in [1.165, 1.54) is 0 Å². The largest absolute Gasteiger partial charge is 0.542 e. The minimum atomic E-state index is -0.974. The molecule has 0 heterocycles. The molecular weight excluding hydrogens is 343 g/mol. The molecule has 4 heteroatoms. The molecule has 0 spiro atoms. The van der Waals surface area contributed by atoms with Crippen LogP contribution in [0.4, 0.5) is 0 Å². The first-order valence-corrected chi connectivity index (χ1v) is 9.19. The first-order chi connectivity index (χ1) is 12.5. The van der Waals surface area contributed by atoms with Crippen molar-refractivity contribution in [1.29, 1.82) is 0 Å².